The summed E-state index contributed by atoms with van der Waals surface area (Å²) < 4.78 is 0. The number of aromatic hydroxyl groups is 1. The van der Waals surface area contributed by atoms with Crippen LogP contribution in [0.5, 0.6) is 5.75 Å². The van der Waals surface area contributed by atoms with Gasteiger partial charge in [-0.15, -0.1) is 0 Å². The number of rotatable bonds is 4. The van der Waals surface area contributed by atoms with Crippen LogP contribution < -0.4 is 5.32 Å². The molecule has 1 saturated heterocycles. The zero-order valence-electron chi connectivity index (χ0n) is 10.00. The fraction of sp³-hybridized carbons (Fsp3) is 0.571. The molecule has 0 aliphatic carbocycles. The van der Waals surface area contributed by atoms with E-state index in [1.165, 1.54) is 31.2 Å². The summed E-state index contributed by atoms with van der Waals surface area (Å²) in [5.74, 6) is 0.354. The van der Waals surface area contributed by atoms with Crippen molar-refractivity contribution < 1.29 is 5.11 Å². The predicted molar refractivity (Wildman–Crippen MR) is 66.7 cm³/mol. The molecule has 1 aromatic rings. The van der Waals surface area contributed by atoms with Crippen molar-refractivity contribution in [3.05, 3.63) is 29.8 Å². The van der Waals surface area contributed by atoms with Crippen LogP contribution in [0.4, 0.5) is 0 Å². The van der Waals surface area contributed by atoms with Crippen LogP contribution in [0, 0.1) is 0 Å². The van der Waals surface area contributed by atoms with Crippen LogP contribution >= 0.6 is 0 Å². The van der Waals surface area contributed by atoms with E-state index in [9.17, 15) is 5.11 Å². The van der Waals surface area contributed by atoms with Crippen molar-refractivity contribution in [2.24, 2.45) is 0 Å². The normalized spacial score (nSPS) is 24.8. The molecule has 1 aliphatic rings. The van der Waals surface area contributed by atoms with E-state index in [1.807, 2.05) is 12.1 Å². The summed E-state index contributed by atoms with van der Waals surface area (Å²) in [4.78, 5) is 0. The first-order chi connectivity index (χ1) is 7.74. The molecular weight excluding hydrogens is 198 g/mol. The van der Waals surface area contributed by atoms with Gasteiger partial charge in [-0.3, -0.25) is 0 Å². The van der Waals surface area contributed by atoms with Gasteiger partial charge in [-0.1, -0.05) is 25.5 Å². The molecule has 16 heavy (non-hydrogen) atoms. The van der Waals surface area contributed by atoms with Gasteiger partial charge in [0.2, 0.25) is 0 Å². The van der Waals surface area contributed by atoms with Crippen molar-refractivity contribution in [1.82, 2.24) is 5.32 Å². The Morgan fingerprint density at radius 1 is 1.31 bits per heavy atom. The second-order valence-electron chi connectivity index (χ2n) is 4.90. The molecule has 1 aromatic carbocycles. The smallest absolute Gasteiger partial charge is 0.115 e. The van der Waals surface area contributed by atoms with Gasteiger partial charge in [-0.05, 0) is 49.9 Å². The zero-order chi connectivity index (χ0) is 11.4. The zero-order valence-corrected chi connectivity index (χ0v) is 10.00. The minimum atomic E-state index is 0.311. The van der Waals surface area contributed by atoms with Gasteiger partial charge in [0, 0.05) is 5.54 Å². The van der Waals surface area contributed by atoms with Gasteiger partial charge in [0.15, 0.2) is 0 Å². The lowest BCUT2D eigenvalue weighted by Gasteiger charge is -2.29. The monoisotopic (exact) mass is 219 g/mol. The molecule has 0 amide bonds. The number of nitrogens with one attached hydrogen (secondary N) is 1. The van der Waals surface area contributed by atoms with Crippen molar-refractivity contribution in [2.75, 3.05) is 6.54 Å². The highest BCUT2D eigenvalue weighted by Gasteiger charge is 2.32. The minimum Gasteiger partial charge on any atom is -0.508 e. The van der Waals surface area contributed by atoms with Gasteiger partial charge in [0.25, 0.3) is 0 Å². The quantitative estimate of drug-likeness (QED) is 0.816. The second-order valence-corrected chi connectivity index (χ2v) is 4.90. The van der Waals surface area contributed by atoms with Crippen molar-refractivity contribution in [2.45, 2.75) is 44.6 Å². The fourth-order valence-electron chi connectivity index (χ4n) is 2.80. The summed E-state index contributed by atoms with van der Waals surface area (Å²) in [5, 5.41) is 12.9. The number of phenolic OH excluding ortho intramolecular Hbond substituents is 1. The molecule has 2 nitrogen and oxygen atoms in total. The first-order valence-corrected chi connectivity index (χ1v) is 6.27. The van der Waals surface area contributed by atoms with Crippen LogP contribution in [0.1, 0.15) is 38.2 Å². The average molecular weight is 219 g/mol. The highest BCUT2D eigenvalue weighted by molar-refractivity contribution is 5.27. The lowest BCUT2D eigenvalue weighted by molar-refractivity contribution is 0.341. The van der Waals surface area contributed by atoms with Crippen LogP contribution in [0.25, 0.3) is 0 Å². The molecule has 0 spiro atoms. The van der Waals surface area contributed by atoms with Gasteiger partial charge < -0.3 is 10.4 Å². The Morgan fingerprint density at radius 3 is 2.62 bits per heavy atom. The van der Waals surface area contributed by atoms with Gasteiger partial charge in [-0.25, -0.2) is 0 Å². The fourth-order valence-corrected chi connectivity index (χ4v) is 2.80. The molecule has 0 bridgehead atoms. The predicted octanol–water partition coefficient (Wildman–Crippen LogP) is 2.86. The Hall–Kier alpha value is -1.02. The molecule has 1 aliphatic heterocycles. The van der Waals surface area contributed by atoms with Crippen LogP contribution in [0.2, 0.25) is 0 Å². The minimum absolute atomic E-state index is 0.311. The lowest BCUT2D eigenvalue weighted by Crippen LogP contribution is -2.41. The van der Waals surface area contributed by atoms with E-state index in [1.54, 1.807) is 12.1 Å². The molecule has 0 radical (unpaired) electrons. The third-order valence-corrected chi connectivity index (χ3v) is 3.54. The Morgan fingerprint density at radius 2 is 2.06 bits per heavy atom. The molecule has 88 valence electrons. The van der Waals surface area contributed by atoms with Crippen molar-refractivity contribution in [3.8, 4) is 5.75 Å². The Bertz CT molecular complexity index is 325. The SMILES string of the molecule is CCCC1(Cc2ccc(O)cc2)CCCN1. The van der Waals surface area contributed by atoms with Crippen molar-refractivity contribution in [3.63, 3.8) is 0 Å². The van der Waals surface area contributed by atoms with Gasteiger partial charge in [-0.2, -0.15) is 0 Å². The van der Waals surface area contributed by atoms with Crippen LogP contribution in [0.15, 0.2) is 24.3 Å². The maximum atomic E-state index is 9.27. The molecule has 1 heterocycles. The van der Waals surface area contributed by atoms with E-state index in [4.69, 9.17) is 0 Å². The van der Waals surface area contributed by atoms with E-state index < -0.39 is 0 Å². The summed E-state index contributed by atoms with van der Waals surface area (Å²) in [6.07, 6.45) is 6.12. The summed E-state index contributed by atoms with van der Waals surface area (Å²) in [6, 6.07) is 7.63. The van der Waals surface area contributed by atoms with E-state index in [0.29, 0.717) is 11.3 Å². The summed E-state index contributed by atoms with van der Waals surface area (Å²) >= 11 is 0. The third-order valence-electron chi connectivity index (χ3n) is 3.54. The Labute approximate surface area is 97.7 Å². The molecule has 1 atom stereocenters. The van der Waals surface area contributed by atoms with E-state index in [0.717, 1.165) is 13.0 Å². The maximum absolute atomic E-state index is 9.27. The maximum Gasteiger partial charge on any atom is 0.115 e. The molecular formula is C14H21NO. The first kappa shape index (κ1) is 11.5. The average Bonchev–Trinajstić information content (AvgIpc) is 2.71. The Kier molecular flexibility index (Phi) is 3.49. The standard InChI is InChI=1S/C14H21NO/c1-2-8-14(9-3-10-15-14)11-12-4-6-13(16)7-5-12/h4-7,15-16H,2-3,8-11H2,1H3. The highest BCUT2D eigenvalue weighted by Crippen LogP contribution is 2.29. The molecule has 1 fully saturated rings. The van der Waals surface area contributed by atoms with E-state index in [2.05, 4.69) is 12.2 Å². The first-order valence-electron chi connectivity index (χ1n) is 6.27. The van der Waals surface area contributed by atoms with E-state index >= 15 is 0 Å². The van der Waals surface area contributed by atoms with Gasteiger partial charge >= 0.3 is 0 Å². The number of hydrogen-bond donors (Lipinski definition) is 2. The summed E-state index contributed by atoms with van der Waals surface area (Å²) in [6.45, 7) is 3.40. The molecule has 0 saturated carbocycles. The molecule has 2 rings (SSSR count). The summed E-state index contributed by atoms with van der Waals surface area (Å²) in [7, 11) is 0. The van der Waals surface area contributed by atoms with Crippen molar-refractivity contribution in [1.29, 1.82) is 0 Å². The molecule has 1 unspecified atom stereocenters. The van der Waals surface area contributed by atoms with Gasteiger partial charge in [0.1, 0.15) is 5.75 Å². The highest BCUT2D eigenvalue weighted by atomic mass is 16.3. The largest absolute Gasteiger partial charge is 0.508 e. The van der Waals surface area contributed by atoms with Crippen LogP contribution in [-0.4, -0.2) is 17.2 Å². The van der Waals surface area contributed by atoms with Crippen LogP contribution in [-0.2, 0) is 6.42 Å². The molecule has 2 heteroatoms. The lowest BCUT2D eigenvalue weighted by atomic mass is 9.85. The molecule has 2 N–H and O–H groups in total. The number of phenols is 1. The molecule has 0 aromatic heterocycles. The Balaban J connectivity index is 2.08. The van der Waals surface area contributed by atoms with Crippen LogP contribution in [0.3, 0.4) is 0 Å². The topological polar surface area (TPSA) is 32.3 Å². The summed E-state index contributed by atoms with van der Waals surface area (Å²) in [5.41, 5.74) is 1.63. The number of hydrogen-bond acceptors (Lipinski definition) is 2. The van der Waals surface area contributed by atoms with Crippen molar-refractivity contribution >= 4 is 0 Å². The number of benzene rings is 1. The second kappa shape index (κ2) is 4.88. The van der Waals surface area contributed by atoms with E-state index in [-0.39, 0.29) is 0 Å². The van der Waals surface area contributed by atoms with Gasteiger partial charge in [0.05, 0.1) is 0 Å². The third kappa shape index (κ3) is 2.56.